The number of hydrogen-bond donors (Lipinski definition) is 2. The van der Waals surface area contributed by atoms with Crippen LogP contribution in [0, 0.1) is 0 Å². The Bertz CT molecular complexity index is 408. The number of guanidine groups is 1. The van der Waals surface area contributed by atoms with Gasteiger partial charge in [-0.2, -0.15) is 0 Å². The Morgan fingerprint density at radius 2 is 1.86 bits per heavy atom. The molecule has 4 nitrogen and oxygen atoms in total. The molecular weight excluding hydrogens is 387 g/mol. The fourth-order valence-corrected chi connectivity index (χ4v) is 2.30. The monoisotopic (exact) mass is 418 g/mol. The van der Waals surface area contributed by atoms with Crippen molar-refractivity contribution >= 4 is 29.9 Å². The zero-order chi connectivity index (χ0) is 15.5. The topological polar surface area (TPSA) is 39.7 Å². The molecule has 0 aromatic heterocycles. The van der Waals surface area contributed by atoms with E-state index in [2.05, 4.69) is 65.6 Å². The Labute approximate surface area is 152 Å². The zero-order valence-corrected chi connectivity index (χ0v) is 16.6. The number of aliphatic imine (C=N–C) groups is 1. The van der Waals surface area contributed by atoms with Crippen molar-refractivity contribution in [1.82, 2.24) is 15.5 Å². The number of benzene rings is 1. The Balaban J connectivity index is 0.00000441. The summed E-state index contributed by atoms with van der Waals surface area (Å²) >= 11 is 0. The summed E-state index contributed by atoms with van der Waals surface area (Å²) in [6.45, 7) is 10.8. The molecule has 1 rings (SSSR count). The van der Waals surface area contributed by atoms with Gasteiger partial charge in [-0.1, -0.05) is 44.2 Å². The van der Waals surface area contributed by atoms with E-state index >= 15 is 0 Å². The van der Waals surface area contributed by atoms with Gasteiger partial charge in [0.2, 0.25) is 0 Å². The van der Waals surface area contributed by atoms with E-state index in [9.17, 15) is 0 Å². The lowest BCUT2D eigenvalue weighted by Gasteiger charge is -2.22. The molecule has 0 aliphatic heterocycles. The van der Waals surface area contributed by atoms with Gasteiger partial charge in [0.25, 0.3) is 0 Å². The fraction of sp³-hybridized carbons (Fsp3) is 0.588. The van der Waals surface area contributed by atoms with Gasteiger partial charge in [0, 0.05) is 20.1 Å². The molecule has 1 unspecified atom stereocenters. The maximum Gasteiger partial charge on any atom is 0.191 e. The van der Waals surface area contributed by atoms with Crippen molar-refractivity contribution in [3.8, 4) is 0 Å². The van der Waals surface area contributed by atoms with Crippen molar-refractivity contribution < 1.29 is 0 Å². The Morgan fingerprint density at radius 1 is 1.18 bits per heavy atom. The molecule has 126 valence electrons. The third-order valence-corrected chi connectivity index (χ3v) is 3.58. The van der Waals surface area contributed by atoms with Gasteiger partial charge in [0.05, 0.1) is 6.04 Å². The van der Waals surface area contributed by atoms with Crippen LogP contribution in [0.2, 0.25) is 0 Å². The van der Waals surface area contributed by atoms with Crippen molar-refractivity contribution in [1.29, 1.82) is 0 Å². The average molecular weight is 418 g/mol. The van der Waals surface area contributed by atoms with Crippen LogP contribution < -0.4 is 10.6 Å². The van der Waals surface area contributed by atoms with Crippen LogP contribution in [0.3, 0.4) is 0 Å². The van der Waals surface area contributed by atoms with E-state index in [0.717, 1.165) is 32.1 Å². The Kier molecular flexibility index (Phi) is 12.2. The van der Waals surface area contributed by atoms with Crippen LogP contribution in [0.15, 0.2) is 35.3 Å². The Hall–Kier alpha value is -0.820. The summed E-state index contributed by atoms with van der Waals surface area (Å²) in [5.74, 6) is 0.860. The highest BCUT2D eigenvalue weighted by molar-refractivity contribution is 14.0. The van der Waals surface area contributed by atoms with E-state index < -0.39 is 0 Å². The summed E-state index contributed by atoms with van der Waals surface area (Å²) in [7, 11) is 1.82. The first-order valence-corrected chi connectivity index (χ1v) is 7.95. The highest BCUT2D eigenvalue weighted by Gasteiger charge is 2.07. The normalized spacial score (nSPS) is 12.7. The molecule has 0 heterocycles. The van der Waals surface area contributed by atoms with Crippen molar-refractivity contribution in [3.05, 3.63) is 35.9 Å². The largest absolute Gasteiger partial charge is 0.355 e. The summed E-state index contributed by atoms with van der Waals surface area (Å²) in [5.41, 5.74) is 1.27. The quantitative estimate of drug-likeness (QED) is 0.387. The van der Waals surface area contributed by atoms with Crippen LogP contribution >= 0.6 is 24.0 Å². The molecule has 0 radical (unpaired) electrons. The van der Waals surface area contributed by atoms with E-state index in [4.69, 9.17) is 0 Å². The molecule has 0 aliphatic carbocycles. The van der Waals surface area contributed by atoms with Gasteiger partial charge in [-0.15, -0.1) is 24.0 Å². The number of nitrogens with zero attached hydrogens (tertiary/aromatic N) is 2. The van der Waals surface area contributed by atoms with E-state index in [0.29, 0.717) is 0 Å². The first kappa shape index (κ1) is 21.2. The second-order valence-electron chi connectivity index (χ2n) is 5.21. The van der Waals surface area contributed by atoms with Crippen LogP contribution in [0.5, 0.6) is 0 Å². The van der Waals surface area contributed by atoms with Crippen LogP contribution in [0.1, 0.15) is 38.8 Å². The van der Waals surface area contributed by atoms with Gasteiger partial charge in [-0.05, 0) is 32.0 Å². The number of likely N-dealkylation sites (N-methyl/N-ethyl adjacent to an activating group) is 1. The molecule has 0 aliphatic rings. The lowest BCUT2D eigenvalue weighted by atomic mass is 10.1. The smallest absolute Gasteiger partial charge is 0.191 e. The molecule has 1 aromatic carbocycles. The molecule has 1 atom stereocenters. The van der Waals surface area contributed by atoms with Crippen molar-refractivity contribution in [2.24, 2.45) is 4.99 Å². The predicted octanol–water partition coefficient (Wildman–Crippen LogP) is 3.26. The maximum atomic E-state index is 4.30. The minimum Gasteiger partial charge on any atom is -0.355 e. The summed E-state index contributed by atoms with van der Waals surface area (Å²) in [6.07, 6.45) is 1.20. The molecule has 0 spiro atoms. The number of halogens is 1. The summed E-state index contributed by atoms with van der Waals surface area (Å²) < 4.78 is 0. The zero-order valence-electron chi connectivity index (χ0n) is 14.3. The number of nitrogens with one attached hydrogen (secondary N) is 2. The molecule has 0 saturated heterocycles. The van der Waals surface area contributed by atoms with Crippen molar-refractivity contribution in [2.45, 2.75) is 33.2 Å². The second-order valence-corrected chi connectivity index (χ2v) is 5.21. The number of hydrogen-bond acceptors (Lipinski definition) is 2. The van der Waals surface area contributed by atoms with Crippen molar-refractivity contribution in [2.75, 3.05) is 33.2 Å². The SMILES string of the molecule is CCCN(CC)CCNC(=NC)NC(C)c1ccccc1.I. The third kappa shape index (κ3) is 7.98. The summed E-state index contributed by atoms with van der Waals surface area (Å²) in [5, 5.41) is 6.82. The van der Waals surface area contributed by atoms with Gasteiger partial charge < -0.3 is 15.5 Å². The molecular formula is C17H31IN4. The third-order valence-electron chi connectivity index (χ3n) is 3.58. The maximum absolute atomic E-state index is 4.30. The molecule has 2 N–H and O–H groups in total. The van der Waals surface area contributed by atoms with Gasteiger partial charge in [0.15, 0.2) is 5.96 Å². The second kappa shape index (κ2) is 12.7. The minimum atomic E-state index is 0. The van der Waals surface area contributed by atoms with Crippen LogP contribution in [-0.4, -0.2) is 44.1 Å². The molecule has 22 heavy (non-hydrogen) atoms. The lowest BCUT2D eigenvalue weighted by Crippen LogP contribution is -2.42. The Morgan fingerprint density at radius 3 is 2.41 bits per heavy atom. The first-order valence-electron chi connectivity index (χ1n) is 7.95. The predicted molar refractivity (Wildman–Crippen MR) is 107 cm³/mol. The molecule has 0 amide bonds. The van der Waals surface area contributed by atoms with Crippen LogP contribution in [0.25, 0.3) is 0 Å². The fourth-order valence-electron chi connectivity index (χ4n) is 2.30. The van der Waals surface area contributed by atoms with Gasteiger partial charge in [0.1, 0.15) is 0 Å². The van der Waals surface area contributed by atoms with E-state index in [1.54, 1.807) is 0 Å². The van der Waals surface area contributed by atoms with E-state index in [1.165, 1.54) is 12.0 Å². The molecule has 0 fully saturated rings. The lowest BCUT2D eigenvalue weighted by molar-refractivity contribution is 0.293. The van der Waals surface area contributed by atoms with E-state index in [-0.39, 0.29) is 30.0 Å². The highest BCUT2D eigenvalue weighted by atomic mass is 127. The standard InChI is InChI=1S/C17H30N4.HI/c1-5-13-21(6-2)14-12-19-17(18-4)20-15(3)16-10-8-7-9-11-16;/h7-11,15H,5-6,12-14H2,1-4H3,(H2,18,19,20);1H. The van der Waals surface area contributed by atoms with E-state index in [1.807, 2.05) is 13.1 Å². The molecule has 1 aromatic rings. The highest BCUT2D eigenvalue weighted by Crippen LogP contribution is 2.10. The molecule has 0 bridgehead atoms. The van der Waals surface area contributed by atoms with Gasteiger partial charge >= 0.3 is 0 Å². The van der Waals surface area contributed by atoms with Crippen molar-refractivity contribution in [3.63, 3.8) is 0 Å². The first-order chi connectivity index (χ1) is 10.2. The summed E-state index contributed by atoms with van der Waals surface area (Å²) in [6, 6.07) is 10.7. The summed E-state index contributed by atoms with van der Waals surface area (Å²) in [4.78, 5) is 6.74. The average Bonchev–Trinajstić information content (AvgIpc) is 2.53. The van der Waals surface area contributed by atoms with Gasteiger partial charge in [-0.25, -0.2) is 0 Å². The van der Waals surface area contributed by atoms with Gasteiger partial charge in [-0.3, -0.25) is 4.99 Å². The van der Waals surface area contributed by atoms with Crippen LogP contribution in [0.4, 0.5) is 0 Å². The van der Waals surface area contributed by atoms with Crippen LogP contribution in [-0.2, 0) is 0 Å². The minimum absolute atomic E-state index is 0. The number of rotatable bonds is 8. The molecule has 5 heteroatoms. The molecule has 0 saturated carbocycles.